The van der Waals surface area contributed by atoms with Gasteiger partial charge in [-0.05, 0) is 48.9 Å². The van der Waals surface area contributed by atoms with Gasteiger partial charge in [-0.15, -0.1) is 0 Å². The molecule has 200 valence electrons. The lowest BCUT2D eigenvalue weighted by atomic mass is 9.59. The van der Waals surface area contributed by atoms with E-state index in [1.54, 1.807) is 0 Å². The highest BCUT2D eigenvalue weighted by molar-refractivity contribution is 4.93. The molecule has 0 aliphatic rings. The molecule has 0 saturated carbocycles. The summed E-state index contributed by atoms with van der Waals surface area (Å²) in [6.45, 7) is 13.5. The van der Waals surface area contributed by atoms with E-state index in [1.807, 2.05) is 0 Å². The van der Waals surface area contributed by atoms with Crippen molar-refractivity contribution in [3.8, 4) is 0 Å². The van der Waals surface area contributed by atoms with Crippen molar-refractivity contribution in [1.82, 2.24) is 0 Å². The van der Waals surface area contributed by atoms with Crippen molar-refractivity contribution < 1.29 is 15.3 Å². The summed E-state index contributed by atoms with van der Waals surface area (Å²) in [5.74, 6) is 2.06. The average Bonchev–Trinajstić information content (AvgIpc) is 2.85. The molecule has 3 nitrogen and oxygen atoms in total. The molecule has 0 bridgehead atoms. The van der Waals surface area contributed by atoms with Gasteiger partial charge in [0.1, 0.15) is 0 Å². The second kappa shape index (κ2) is 19.1. The Morgan fingerprint density at radius 2 is 0.788 bits per heavy atom. The standard InChI is InChI=1S/C30H62O3/c1-7-13-16-26(10-4)19-29(20-27(11-5)17-14-8-2,21-28(12-6)18-15-9-3)22-30(23-31,24-32)25-33/h26-28,31-33H,7-25H2,1-6H3. The zero-order valence-electron chi connectivity index (χ0n) is 23.5. The molecule has 0 aromatic rings. The van der Waals surface area contributed by atoms with Crippen molar-refractivity contribution in [3.63, 3.8) is 0 Å². The molecule has 0 fully saturated rings. The highest BCUT2D eigenvalue weighted by Gasteiger charge is 2.43. The highest BCUT2D eigenvalue weighted by atomic mass is 16.3. The lowest BCUT2D eigenvalue weighted by Gasteiger charge is -2.47. The SMILES string of the molecule is CCCCC(CC)CC(CC(CC)CCCC)(CC(CC)CCCC)CC(CO)(CO)CO. The van der Waals surface area contributed by atoms with Gasteiger partial charge in [-0.2, -0.15) is 0 Å². The molecule has 0 aromatic heterocycles. The predicted octanol–water partition coefficient (Wildman–Crippen LogP) is 8.15. The zero-order chi connectivity index (χ0) is 25.2. The van der Waals surface area contributed by atoms with Crippen LogP contribution in [-0.2, 0) is 0 Å². The number of hydrogen-bond acceptors (Lipinski definition) is 3. The van der Waals surface area contributed by atoms with Crippen LogP contribution in [0.1, 0.15) is 144 Å². The molecular weight excluding hydrogens is 408 g/mol. The van der Waals surface area contributed by atoms with E-state index in [0.717, 1.165) is 6.42 Å². The summed E-state index contributed by atoms with van der Waals surface area (Å²) in [4.78, 5) is 0. The second-order valence-corrected chi connectivity index (χ2v) is 11.5. The van der Waals surface area contributed by atoms with Gasteiger partial charge in [0, 0.05) is 5.41 Å². The van der Waals surface area contributed by atoms with Crippen LogP contribution in [-0.4, -0.2) is 35.1 Å². The summed E-state index contributed by atoms with van der Waals surface area (Å²) < 4.78 is 0. The van der Waals surface area contributed by atoms with Gasteiger partial charge in [-0.1, -0.05) is 119 Å². The molecule has 0 aliphatic heterocycles. The van der Waals surface area contributed by atoms with E-state index in [-0.39, 0.29) is 25.2 Å². The number of aliphatic hydroxyl groups is 3. The monoisotopic (exact) mass is 470 g/mol. The molecule has 3 atom stereocenters. The van der Waals surface area contributed by atoms with Gasteiger partial charge in [0.25, 0.3) is 0 Å². The van der Waals surface area contributed by atoms with Crippen LogP contribution in [0.5, 0.6) is 0 Å². The Morgan fingerprint density at radius 1 is 0.485 bits per heavy atom. The molecule has 33 heavy (non-hydrogen) atoms. The van der Waals surface area contributed by atoms with E-state index < -0.39 is 5.41 Å². The normalized spacial score (nSPS) is 17.0. The minimum Gasteiger partial charge on any atom is -0.396 e. The molecule has 0 spiro atoms. The Hall–Kier alpha value is -0.120. The minimum atomic E-state index is -0.783. The first kappa shape index (κ1) is 32.9. The van der Waals surface area contributed by atoms with Crippen LogP contribution in [0, 0.1) is 28.6 Å². The molecule has 0 rings (SSSR count). The highest BCUT2D eigenvalue weighted by Crippen LogP contribution is 2.51. The lowest BCUT2D eigenvalue weighted by Crippen LogP contribution is -2.43. The van der Waals surface area contributed by atoms with E-state index in [1.165, 1.54) is 96.3 Å². The molecule has 0 aromatic carbocycles. The maximum Gasteiger partial charge on any atom is 0.0531 e. The van der Waals surface area contributed by atoms with Gasteiger partial charge >= 0.3 is 0 Å². The molecule has 0 aliphatic carbocycles. The molecule has 0 radical (unpaired) electrons. The third kappa shape index (κ3) is 12.4. The van der Waals surface area contributed by atoms with E-state index >= 15 is 0 Å². The average molecular weight is 471 g/mol. The van der Waals surface area contributed by atoms with Crippen LogP contribution in [0.25, 0.3) is 0 Å². The first-order chi connectivity index (χ1) is 15.9. The van der Waals surface area contributed by atoms with Crippen molar-refractivity contribution in [2.75, 3.05) is 19.8 Å². The Balaban J connectivity index is 6.29. The predicted molar refractivity (Wildman–Crippen MR) is 145 cm³/mol. The van der Waals surface area contributed by atoms with Crippen molar-refractivity contribution >= 4 is 0 Å². The Morgan fingerprint density at radius 3 is 1.00 bits per heavy atom. The number of unbranched alkanes of at least 4 members (excludes halogenated alkanes) is 3. The van der Waals surface area contributed by atoms with E-state index in [2.05, 4.69) is 41.5 Å². The lowest BCUT2D eigenvalue weighted by molar-refractivity contribution is -0.0517. The summed E-state index contributed by atoms with van der Waals surface area (Å²) in [6, 6.07) is 0. The van der Waals surface area contributed by atoms with Crippen molar-refractivity contribution in [2.24, 2.45) is 28.6 Å². The molecule has 3 heteroatoms. The van der Waals surface area contributed by atoms with Crippen molar-refractivity contribution in [2.45, 2.75) is 144 Å². The van der Waals surface area contributed by atoms with Gasteiger partial charge in [-0.3, -0.25) is 0 Å². The van der Waals surface area contributed by atoms with Gasteiger partial charge in [-0.25, -0.2) is 0 Å². The third-order valence-corrected chi connectivity index (χ3v) is 8.55. The van der Waals surface area contributed by atoms with Crippen LogP contribution in [0.2, 0.25) is 0 Å². The summed E-state index contributed by atoms with van der Waals surface area (Å²) >= 11 is 0. The maximum atomic E-state index is 10.3. The van der Waals surface area contributed by atoms with Gasteiger partial charge in [0.05, 0.1) is 19.8 Å². The summed E-state index contributed by atoms with van der Waals surface area (Å²) in [5.41, 5.74) is -0.708. The molecule has 0 heterocycles. The first-order valence-corrected chi connectivity index (χ1v) is 14.7. The van der Waals surface area contributed by atoms with Crippen LogP contribution in [0.3, 0.4) is 0 Å². The topological polar surface area (TPSA) is 60.7 Å². The summed E-state index contributed by atoms with van der Waals surface area (Å²) in [5, 5.41) is 31.0. The smallest absolute Gasteiger partial charge is 0.0531 e. The number of aliphatic hydroxyl groups excluding tert-OH is 3. The Bertz CT molecular complexity index is 378. The van der Waals surface area contributed by atoms with Crippen molar-refractivity contribution in [1.29, 1.82) is 0 Å². The van der Waals surface area contributed by atoms with Gasteiger partial charge in [0.2, 0.25) is 0 Å². The second-order valence-electron chi connectivity index (χ2n) is 11.5. The minimum absolute atomic E-state index is 0.0748. The molecule has 3 N–H and O–H groups in total. The van der Waals surface area contributed by atoms with E-state index in [9.17, 15) is 15.3 Å². The Labute approximate surface area is 208 Å². The molecule has 0 saturated heterocycles. The Kier molecular flexibility index (Phi) is 19.0. The van der Waals surface area contributed by atoms with Crippen LogP contribution in [0.15, 0.2) is 0 Å². The van der Waals surface area contributed by atoms with Gasteiger partial charge in [0.15, 0.2) is 0 Å². The molecule has 3 unspecified atom stereocenters. The van der Waals surface area contributed by atoms with Crippen LogP contribution in [0.4, 0.5) is 0 Å². The summed E-state index contributed by atoms with van der Waals surface area (Å²) in [7, 11) is 0. The number of hydrogen-bond donors (Lipinski definition) is 3. The fourth-order valence-corrected chi connectivity index (χ4v) is 6.25. The molecular formula is C30H62O3. The largest absolute Gasteiger partial charge is 0.396 e. The van der Waals surface area contributed by atoms with Gasteiger partial charge < -0.3 is 15.3 Å². The first-order valence-electron chi connectivity index (χ1n) is 14.7. The quantitative estimate of drug-likeness (QED) is 0.141. The zero-order valence-corrected chi connectivity index (χ0v) is 23.5. The van der Waals surface area contributed by atoms with Crippen LogP contribution >= 0.6 is 0 Å². The maximum absolute atomic E-state index is 10.3. The fraction of sp³-hybridized carbons (Fsp3) is 1.00. The number of rotatable bonds is 23. The van der Waals surface area contributed by atoms with Crippen molar-refractivity contribution in [3.05, 3.63) is 0 Å². The van der Waals surface area contributed by atoms with Crippen LogP contribution < -0.4 is 0 Å². The van der Waals surface area contributed by atoms with E-state index in [0.29, 0.717) is 17.8 Å². The van der Waals surface area contributed by atoms with E-state index in [4.69, 9.17) is 0 Å². The fourth-order valence-electron chi connectivity index (χ4n) is 6.25. The molecule has 0 amide bonds. The summed E-state index contributed by atoms with van der Waals surface area (Å²) in [6.07, 6.45) is 19.2. The third-order valence-electron chi connectivity index (χ3n) is 8.55.